The molecule has 1 heterocycles. The van der Waals surface area contributed by atoms with Crippen LogP contribution in [-0.2, 0) is 29.9 Å². The number of fused-ring (bicyclic) bond motifs is 1. The van der Waals surface area contributed by atoms with Crippen molar-refractivity contribution >= 4 is 16.9 Å². The lowest BCUT2D eigenvalue weighted by molar-refractivity contribution is -0.574. The van der Waals surface area contributed by atoms with Gasteiger partial charge in [0, 0.05) is 28.1 Å². The molecule has 1 aromatic heterocycles. The minimum Gasteiger partial charge on any atom is -0.497 e. The predicted molar refractivity (Wildman–Crippen MR) is 168 cm³/mol. The summed E-state index contributed by atoms with van der Waals surface area (Å²) >= 11 is 0. The minimum atomic E-state index is -6.05. The van der Waals surface area contributed by atoms with E-state index in [1.54, 1.807) is 0 Å². The molecule has 0 aliphatic carbocycles. The fourth-order valence-corrected chi connectivity index (χ4v) is 5.03. The highest BCUT2D eigenvalue weighted by Gasteiger charge is 2.58. The van der Waals surface area contributed by atoms with Gasteiger partial charge in [0.2, 0.25) is 0 Å². The second-order valence-corrected chi connectivity index (χ2v) is 13.6. The van der Waals surface area contributed by atoms with Crippen LogP contribution in [0.3, 0.4) is 0 Å². The molecule has 0 spiro atoms. The van der Waals surface area contributed by atoms with Crippen molar-refractivity contribution in [2.24, 2.45) is 16.9 Å². The monoisotopic (exact) mass is 812 g/mol. The van der Waals surface area contributed by atoms with Crippen LogP contribution in [0.1, 0.15) is 46.6 Å². The molecule has 1 unspecified atom stereocenters. The quantitative estimate of drug-likeness (QED) is 0.0599. The predicted octanol–water partition coefficient (Wildman–Crippen LogP) is 7.62. The van der Waals surface area contributed by atoms with Crippen LogP contribution < -0.4 is 26.6 Å². The molecule has 22 heteroatoms. The van der Waals surface area contributed by atoms with Crippen LogP contribution in [0.5, 0.6) is 11.5 Å². The van der Waals surface area contributed by atoms with E-state index in [0.29, 0.717) is 6.07 Å². The van der Waals surface area contributed by atoms with Crippen LogP contribution >= 0.6 is 0 Å². The maximum absolute atomic E-state index is 14.3. The van der Waals surface area contributed by atoms with Crippen molar-refractivity contribution in [2.75, 3.05) is 20.3 Å². The summed E-state index contributed by atoms with van der Waals surface area (Å²) in [5.74, 6) is -2.26. The van der Waals surface area contributed by atoms with Crippen LogP contribution in [-0.4, -0.2) is 62.2 Å². The van der Waals surface area contributed by atoms with Crippen molar-refractivity contribution in [1.82, 2.24) is 0 Å². The van der Waals surface area contributed by atoms with E-state index in [1.807, 2.05) is 0 Å². The number of rotatable bonds is 17. The Labute approximate surface area is 304 Å². The fraction of sp³-hybridized carbons (Fsp3) is 0.515. The molecule has 308 valence electrons. The number of carbonyl (C=O) groups is 1. The maximum Gasteiger partial charge on any atom is 0.496 e. The summed E-state index contributed by atoms with van der Waals surface area (Å²) in [6.45, 7) is 2.30. The van der Waals surface area contributed by atoms with E-state index in [1.165, 1.54) is 34.6 Å². The van der Waals surface area contributed by atoms with Crippen LogP contribution in [0.25, 0.3) is 22.1 Å². The molecule has 0 amide bonds. The summed E-state index contributed by atoms with van der Waals surface area (Å²) in [7, 11) is 1.12. The van der Waals surface area contributed by atoms with Crippen molar-refractivity contribution in [3.05, 3.63) is 58.4 Å². The van der Waals surface area contributed by atoms with E-state index in [4.69, 9.17) is 20.6 Å². The van der Waals surface area contributed by atoms with Gasteiger partial charge >= 0.3 is 42.6 Å². The van der Waals surface area contributed by atoms with Gasteiger partial charge in [0.25, 0.3) is 0 Å². The molecule has 11 nitrogen and oxygen atoms in total. The highest BCUT2D eigenvalue weighted by molar-refractivity contribution is 5.83. The minimum absolute atomic E-state index is 0.0561. The Bertz CT molecular complexity index is 1910. The van der Waals surface area contributed by atoms with E-state index in [2.05, 4.69) is 23.7 Å². The van der Waals surface area contributed by atoms with E-state index >= 15 is 0 Å². The molecule has 4 N–H and O–H groups in total. The summed E-state index contributed by atoms with van der Waals surface area (Å²) in [6.07, 6.45) is -27.7. The van der Waals surface area contributed by atoms with Crippen molar-refractivity contribution in [3.63, 3.8) is 0 Å². The fourth-order valence-electron chi connectivity index (χ4n) is 5.03. The highest BCUT2D eigenvalue weighted by atomic mass is 19.4. The molecule has 55 heavy (non-hydrogen) atoms. The zero-order valence-electron chi connectivity index (χ0n) is 29.6. The van der Waals surface area contributed by atoms with E-state index in [-0.39, 0.29) is 17.6 Å². The van der Waals surface area contributed by atoms with Gasteiger partial charge in [-0.15, -0.1) is 17.6 Å². The highest BCUT2D eigenvalue weighted by Crippen LogP contribution is 2.41. The largest absolute Gasteiger partial charge is 0.497 e. The summed E-state index contributed by atoms with van der Waals surface area (Å²) < 4.78 is 182. The van der Waals surface area contributed by atoms with E-state index in [9.17, 15) is 57.9 Å². The third kappa shape index (κ3) is 12.1. The van der Waals surface area contributed by atoms with Gasteiger partial charge in [-0.3, -0.25) is 4.79 Å². The number of ether oxygens (including phenoxy) is 6. The van der Waals surface area contributed by atoms with Gasteiger partial charge in [0.15, 0.2) is 13.2 Å². The number of hydrogen-bond acceptors (Lipinski definition) is 11. The van der Waals surface area contributed by atoms with Gasteiger partial charge in [-0.2, -0.15) is 30.7 Å². The zero-order valence-corrected chi connectivity index (χ0v) is 29.6. The molecule has 0 radical (unpaired) electrons. The van der Waals surface area contributed by atoms with Crippen molar-refractivity contribution < 1.29 is 85.9 Å². The first-order valence-corrected chi connectivity index (χ1v) is 15.5. The molecule has 0 bridgehead atoms. The second kappa shape index (κ2) is 15.4. The molecule has 0 aliphatic rings. The lowest BCUT2D eigenvalue weighted by Crippen LogP contribution is -2.58. The SMILES string of the molecule is COc1ccc(-c2cc3ccc(OCC(F)(F)OC(F)(F)OC(F)(F)OC(F)(F)COC(=O)C(C)(CC(C)(C)N)C(C)(C)N)cc3oc2=O)c(C(F)(F)F)c1. The van der Waals surface area contributed by atoms with Crippen molar-refractivity contribution in [2.45, 2.75) is 83.1 Å². The number of halogens is 11. The lowest BCUT2D eigenvalue weighted by atomic mass is 9.67. The summed E-state index contributed by atoms with van der Waals surface area (Å²) in [5, 5.41) is -0.0561. The molecule has 3 aromatic rings. The first kappa shape index (κ1) is 45.1. The van der Waals surface area contributed by atoms with Gasteiger partial charge in [0.05, 0.1) is 23.7 Å². The van der Waals surface area contributed by atoms with Gasteiger partial charge < -0.3 is 30.1 Å². The summed E-state index contributed by atoms with van der Waals surface area (Å²) in [4.78, 5) is 25.3. The molecule has 3 rings (SSSR count). The Kier molecular flexibility index (Phi) is 12.6. The summed E-state index contributed by atoms with van der Waals surface area (Å²) in [6, 6.07) is 6.39. The normalized spacial score (nSPS) is 14.8. The average molecular weight is 813 g/mol. The number of benzene rings is 2. The van der Waals surface area contributed by atoms with Gasteiger partial charge in [-0.25, -0.2) is 19.0 Å². The molecule has 1 atom stereocenters. The number of esters is 1. The molecule has 2 aromatic carbocycles. The molecule has 0 saturated heterocycles. The summed E-state index contributed by atoms with van der Waals surface area (Å²) in [5.41, 5.74) is 3.36. The molecule has 0 aliphatic heterocycles. The number of nitrogens with two attached hydrogens (primary N) is 2. The lowest BCUT2D eigenvalue weighted by Gasteiger charge is -2.43. The molecule has 0 saturated carbocycles. The van der Waals surface area contributed by atoms with Crippen LogP contribution in [0.4, 0.5) is 48.3 Å². The second-order valence-electron chi connectivity index (χ2n) is 13.6. The van der Waals surface area contributed by atoms with Crippen molar-refractivity contribution in [1.29, 1.82) is 0 Å². The van der Waals surface area contributed by atoms with Crippen molar-refractivity contribution in [3.8, 4) is 22.6 Å². The zero-order chi connectivity index (χ0) is 42.2. The maximum atomic E-state index is 14.3. The first-order valence-electron chi connectivity index (χ1n) is 15.5. The number of alkyl halides is 11. The standard InChI is InChI=1S/C33H35F11N2O9/c1-26(2,45)14-28(5,27(3,4)46)25(48)51-16-30(36,37)54-33(43,44)55-32(41,42)53-29(34,35)15-50-19-8-7-17-11-21(24(47)52-23(17)13-19)20-10-9-18(49-6)12-22(20)31(38,39)40/h7-13H,14-16,45-46H2,1-6H3. The molecular weight excluding hydrogens is 777 g/mol. The first-order chi connectivity index (χ1) is 24.7. The number of hydrogen-bond donors (Lipinski definition) is 2. The van der Waals surface area contributed by atoms with Crippen LogP contribution in [0, 0.1) is 5.41 Å². The van der Waals surface area contributed by atoms with Gasteiger partial charge in [-0.1, -0.05) is 0 Å². The Hall–Kier alpha value is -4.25. The van der Waals surface area contributed by atoms with Crippen LogP contribution in [0.2, 0.25) is 0 Å². The Morgan fingerprint density at radius 2 is 1.25 bits per heavy atom. The Morgan fingerprint density at radius 3 is 1.76 bits per heavy atom. The number of carbonyl (C=O) groups excluding carboxylic acids is 1. The molecular formula is C33H35F11N2O9. The van der Waals surface area contributed by atoms with Gasteiger partial charge in [0.1, 0.15) is 17.1 Å². The smallest absolute Gasteiger partial charge is 0.496 e. The average Bonchev–Trinajstić information content (AvgIpc) is 2.98. The topological polar surface area (TPSA) is 155 Å². The van der Waals surface area contributed by atoms with E-state index < -0.39 is 100 Å². The van der Waals surface area contributed by atoms with Crippen LogP contribution in [0.15, 0.2) is 51.7 Å². The van der Waals surface area contributed by atoms with Gasteiger partial charge in [-0.05, 0) is 77.4 Å². The molecule has 0 fully saturated rings. The third-order valence-electron chi connectivity index (χ3n) is 7.76. The Balaban J connectivity index is 1.68. The third-order valence-corrected chi connectivity index (χ3v) is 7.76. The Morgan fingerprint density at radius 1 is 0.709 bits per heavy atom. The van der Waals surface area contributed by atoms with E-state index in [0.717, 1.165) is 43.5 Å². The number of methoxy groups -OCH3 is 1.